The van der Waals surface area contributed by atoms with E-state index in [4.69, 9.17) is 16.3 Å². The molecule has 29 heavy (non-hydrogen) atoms. The maximum Gasteiger partial charge on any atom is 0.239 e. The summed E-state index contributed by atoms with van der Waals surface area (Å²) in [6.07, 6.45) is 3.39. The van der Waals surface area contributed by atoms with E-state index in [0.29, 0.717) is 24.8 Å². The first-order chi connectivity index (χ1) is 14.1. The number of piperazine rings is 1. The van der Waals surface area contributed by atoms with Crippen molar-refractivity contribution in [3.63, 3.8) is 0 Å². The van der Waals surface area contributed by atoms with Crippen molar-refractivity contribution < 1.29 is 13.9 Å². The number of amides is 1. The van der Waals surface area contributed by atoms with Crippen LogP contribution in [0.3, 0.4) is 0 Å². The summed E-state index contributed by atoms with van der Waals surface area (Å²) in [5, 5.41) is 8.91. The Bertz CT molecular complexity index is 609. The number of carbonyl (C=O) groups is 1. The number of ether oxygens (including phenoxy) is 1. The van der Waals surface area contributed by atoms with Gasteiger partial charge in [-0.3, -0.25) is 4.79 Å². The van der Waals surface area contributed by atoms with E-state index in [0.717, 1.165) is 58.7 Å². The molecule has 5 rings (SSSR count). The van der Waals surface area contributed by atoms with Crippen LogP contribution < -0.4 is 16.1 Å². The molecule has 4 saturated heterocycles. The first-order valence-electron chi connectivity index (χ1n) is 11.3. The van der Waals surface area contributed by atoms with Crippen LogP contribution in [0.15, 0.2) is 0 Å². The SMILES string of the molecule is O=C(C1CC2C(CCC(F)C2Cl)N1)N1CCN2NC(NCC3CCOC3)CC2C1. The summed E-state index contributed by atoms with van der Waals surface area (Å²) in [4.78, 5) is 15.2. The molecule has 1 aliphatic carbocycles. The van der Waals surface area contributed by atoms with Crippen molar-refractivity contribution in [1.29, 1.82) is 0 Å². The maximum atomic E-state index is 14.0. The van der Waals surface area contributed by atoms with Gasteiger partial charge < -0.3 is 20.3 Å². The van der Waals surface area contributed by atoms with Gasteiger partial charge in [0.2, 0.25) is 5.91 Å². The first kappa shape index (κ1) is 20.4. The van der Waals surface area contributed by atoms with Crippen LogP contribution in [0, 0.1) is 11.8 Å². The summed E-state index contributed by atoms with van der Waals surface area (Å²) in [6.45, 7) is 5.03. The molecule has 0 radical (unpaired) electrons. The minimum Gasteiger partial charge on any atom is -0.381 e. The fraction of sp³-hybridized carbons (Fsp3) is 0.950. The topological polar surface area (TPSA) is 68.9 Å². The highest BCUT2D eigenvalue weighted by Crippen LogP contribution is 2.38. The van der Waals surface area contributed by atoms with Gasteiger partial charge in [0.05, 0.1) is 24.2 Å². The second-order valence-electron chi connectivity index (χ2n) is 9.45. The zero-order valence-corrected chi connectivity index (χ0v) is 17.6. The van der Waals surface area contributed by atoms with Crippen LogP contribution in [-0.4, -0.2) is 91.0 Å². The molecule has 4 heterocycles. The smallest absolute Gasteiger partial charge is 0.239 e. The van der Waals surface area contributed by atoms with E-state index in [9.17, 15) is 9.18 Å². The van der Waals surface area contributed by atoms with Crippen LogP contribution in [0.2, 0.25) is 0 Å². The van der Waals surface area contributed by atoms with Gasteiger partial charge in [-0.05, 0) is 43.9 Å². The fourth-order valence-electron chi connectivity index (χ4n) is 5.83. The summed E-state index contributed by atoms with van der Waals surface area (Å²) in [7, 11) is 0. The molecule has 1 amide bonds. The number of hydrogen-bond donors (Lipinski definition) is 3. The van der Waals surface area contributed by atoms with Crippen LogP contribution >= 0.6 is 11.6 Å². The normalized spacial score (nSPS) is 45.4. The van der Waals surface area contributed by atoms with Gasteiger partial charge in [0, 0.05) is 44.9 Å². The molecule has 3 N–H and O–H groups in total. The summed E-state index contributed by atoms with van der Waals surface area (Å²) >= 11 is 6.32. The number of fused-ring (bicyclic) bond motifs is 2. The summed E-state index contributed by atoms with van der Waals surface area (Å²) in [6, 6.07) is 0.305. The lowest BCUT2D eigenvalue weighted by molar-refractivity contribution is -0.136. The van der Waals surface area contributed by atoms with Crippen molar-refractivity contribution in [2.75, 3.05) is 39.4 Å². The van der Waals surface area contributed by atoms with Gasteiger partial charge in [0.15, 0.2) is 0 Å². The Morgan fingerprint density at radius 3 is 2.97 bits per heavy atom. The third-order valence-corrected chi connectivity index (χ3v) is 8.14. The highest BCUT2D eigenvalue weighted by Gasteiger charge is 2.48. The molecule has 5 aliphatic rings. The maximum absolute atomic E-state index is 14.0. The monoisotopic (exact) mass is 429 g/mol. The number of nitrogens with one attached hydrogen (secondary N) is 3. The lowest BCUT2D eigenvalue weighted by atomic mass is 9.83. The number of carbonyl (C=O) groups excluding carboxylic acids is 1. The number of hydrogen-bond acceptors (Lipinski definition) is 6. The van der Waals surface area contributed by atoms with Crippen molar-refractivity contribution in [2.45, 2.75) is 67.9 Å². The van der Waals surface area contributed by atoms with Crippen molar-refractivity contribution in [2.24, 2.45) is 11.8 Å². The van der Waals surface area contributed by atoms with Gasteiger partial charge in [-0.25, -0.2) is 14.8 Å². The van der Waals surface area contributed by atoms with E-state index < -0.39 is 11.5 Å². The minimum atomic E-state index is -0.943. The van der Waals surface area contributed by atoms with Crippen LogP contribution in [0.4, 0.5) is 4.39 Å². The molecule has 164 valence electrons. The fourth-order valence-corrected chi connectivity index (χ4v) is 6.23. The average molecular weight is 430 g/mol. The molecule has 0 bridgehead atoms. The molecule has 7 nitrogen and oxygen atoms in total. The Labute approximate surface area is 177 Å². The zero-order valence-electron chi connectivity index (χ0n) is 16.9. The molecule has 4 aliphatic heterocycles. The van der Waals surface area contributed by atoms with E-state index in [-0.39, 0.29) is 30.1 Å². The van der Waals surface area contributed by atoms with Crippen LogP contribution in [0.25, 0.3) is 0 Å². The second kappa shape index (κ2) is 8.55. The summed E-state index contributed by atoms with van der Waals surface area (Å²) in [5.41, 5.74) is 3.57. The minimum absolute atomic E-state index is 0.0666. The van der Waals surface area contributed by atoms with Crippen LogP contribution in [0.5, 0.6) is 0 Å². The second-order valence-corrected chi connectivity index (χ2v) is 9.95. The van der Waals surface area contributed by atoms with Gasteiger partial charge in [0.25, 0.3) is 0 Å². The van der Waals surface area contributed by atoms with Crippen LogP contribution in [-0.2, 0) is 9.53 Å². The Morgan fingerprint density at radius 2 is 2.14 bits per heavy atom. The molecule has 1 saturated carbocycles. The molecule has 8 atom stereocenters. The molecule has 9 heteroatoms. The van der Waals surface area contributed by atoms with E-state index in [1.165, 1.54) is 0 Å². The highest BCUT2D eigenvalue weighted by molar-refractivity contribution is 6.21. The zero-order chi connectivity index (χ0) is 20.0. The molecule has 0 spiro atoms. The van der Waals surface area contributed by atoms with Gasteiger partial charge in [-0.2, -0.15) is 0 Å². The summed E-state index contributed by atoms with van der Waals surface area (Å²) in [5.74, 6) is 0.842. The summed E-state index contributed by atoms with van der Waals surface area (Å²) < 4.78 is 19.4. The van der Waals surface area contributed by atoms with Crippen LogP contribution in [0.1, 0.15) is 32.1 Å². The number of rotatable bonds is 4. The number of nitrogens with zero attached hydrogens (tertiary/aromatic N) is 2. The Kier molecular flexibility index (Phi) is 6.02. The van der Waals surface area contributed by atoms with Crippen molar-refractivity contribution >= 4 is 17.5 Å². The lowest BCUT2D eigenvalue weighted by Crippen LogP contribution is -2.58. The standard InChI is InChI=1S/C20H33ClFN5O2/c21-19-14-8-17(24-16(14)2-1-15(19)22)20(28)26-4-5-27-13(10-26)7-18(25-27)23-9-12-3-6-29-11-12/h12-19,23-25H,1-11H2. The van der Waals surface area contributed by atoms with Gasteiger partial charge in [-0.15, -0.1) is 11.6 Å². The number of halogens is 2. The quantitative estimate of drug-likeness (QED) is 0.564. The molecule has 0 aromatic rings. The third kappa shape index (κ3) is 4.16. The predicted octanol–water partition coefficient (Wildman–Crippen LogP) is 0.446. The molecule has 0 aromatic heterocycles. The van der Waals surface area contributed by atoms with Gasteiger partial charge >= 0.3 is 0 Å². The third-order valence-electron chi connectivity index (χ3n) is 7.55. The number of hydrazine groups is 1. The van der Waals surface area contributed by atoms with Crippen molar-refractivity contribution in [1.82, 2.24) is 26.0 Å². The van der Waals surface area contributed by atoms with Gasteiger partial charge in [0.1, 0.15) is 6.17 Å². The van der Waals surface area contributed by atoms with Gasteiger partial charge in [-0.1, -0.05) is 0 Å². The Morgan fingerprint density at radius 1 is 1.24 bits per heavy atom. The Balaban J connectivity index is 1.12. The average Bonchev–Trinajstić information content (AvgIpc) is 3.47. The number of alkyl halides is 2. The van der Waals surface area contributed by atoms with E-state index >= 15 is 0 Å². The largest absolute Gasteiger partial charge is 0.381 e. The van der Waals surface area contributed by atoms with E-state index in [2.05, 4.69) is 21.1 Å². The van der Waals surface area contributed by atoms with Crippen molar-refractivity contribution in [3.05, 3.63) is 0 Å². The molecular formula is C20H33ClFN5O2. The van der Waals surface area contributed by atoms with Crippen molar-refractivity contribution in [3.8, 4) is 0 Å². The Hall–Kier alpha value is -0.510. The molecule has 5 fully saturated rings. The predicted molar refractivity (Wildman–Crippen MR) is 108 cm³/mol. The molecule has 0 aromatic carbocycles. The van der Waals surface area contributed by atoms with E-state index in [1.54, 1.807) is 0 Å². The first-order valence-corrected chi connectivity index (χ1v) is 11.7. The lowest BCUT2D eigenvalue weighted by Gasteiger charge is -2.38. The highest BCUT2D eigenvalue weighted by atomic mass is 35.5. The van der Waals surface area contributed by atoms with E-state index in [1.807, 2.05) is 4.90 Å². The molecular weight excluding hydrogens is 397 g/mol. The molecule has 8 unspecified atom stereocenters.